The van der Waals surface area contributed by atoms with Crippen molar-refractivity contribution in [3.05, 3.63) is 88.4 Å². The van der Waals surface area contributed by atoms with Crippen molar-refractivity contribution in [2.75, 3.05) is 10.9 Å². The molecule has 5 nitrogen and oxygen atoms in total. The number of para-hydroxylation sites is 1. The van der Waals surface area contributed by atoms with Crippen LogP contribution in [0, 0.1) is 6.92 Å². The van der Waals surface area contributed by atoms with Crippen LogP contribution in [0.15, 0.2) is 82.2 Å². The van der Waals surface area contributed by atoms with Gasteiger partial charge in [-0.25, -0.2) is 12.7 Å². The maximum absolute atomic E-state index is 13.4. The molecule has 0 aliphatic rings. The van der Waals surface area contributed by atoms with Gasteiger partial charge in [0, 0.05) is 6.42 Å². The van der Waals surface area contributed by atoms with Crippen molar-refractivity contribution < 1.29 is 17.9 Å². The molecule has 0 radical (unpaired) electrons. The molecular weight excluding hydrogens is 514 g/mol. The number of benzene rings is 3. The highest BCUT2D eigenvalue weighted by atomic mass is 79.9. The van der Waals surface area contributed by atoms with E-state index in [1.807, 2.05) is 25.1 Å². The standard InChI is InChI=1S/C27H30BrNO4S/c1-20-12-15-23(16-13-20)34(31,32)29(22-9-6-5-7-10-22)26(30)11-8-18-33-25-17-14-21(19-24(25)28)27(2,3)4/h5-7,9-10,12-17,19H,8,11,18H2,1-4H3. The van der Waals surface area contributed by atoms with Crippen molar-refractivity contribution in [1.82, 2.24) is 0 Å². The third-order valence-corrected chi connectivity index (χ3v) is 7.75. The second-order valence-electron chi connectivity index (χ2n) is 9.16. The molecule has 180 valence electrons. The summed E-state index contributed by atoms with van der Waals surface area (Å²) < 4.78 is 34.3. The van der Waals surface area contributed by atoms with Crippen LogP contribution in [0.1, 0.15) is 44.7 Å². The van der Waals surface area contributed by atoms with E-state index in [0.717, 1.165) is 14.3 Å². The van der Waals surface area contributed by atoms with Gasteiger partial charge in [0.1, 0.15) is 5.75 Å². The van der Waals surface area contributed by atoms with Crippen LogP contribution in [-0.2, 0) is 20.2 Å². The highest BCUT2D eigenvalue weighted by Gasteiger charge is 2.30. The maximum atomic E-state index is 13.4. The Balaban J connectivity index is 1.72. The first-order valence-corrected chi connectivity index (χ1v) is 13.4. The first kappa shape index (κ1) is 26.0. The third-order valence-electron chi connectivity index (χ3n) is 5.37. The smallest absolute Gasteiger partial charge is 0.270 e. The molecule has 0 heterocycles. The number of carbonyl (C=O) groups is 1. The molecule has 1 amide bonds. The van der Waals surface area contributed by atoms with Gasteiger partial charge in [0.25, 0.3) is 10.0 Å². The van der Waals surface area contributed by atoms with Crippen LogP contribution < -0.4 is 9.04 Å². The summed E-state index contributed by atoms with van der Waals surface area (Å²) in [5, 5.41) is 0. The Bertz CT molecular complexity index is 1230. The second-order valence-corrected chi connectivity index (χ2v) is 11.8. The third kappa shape index (κ3) is 6.27. The van der Waals surface area contributed by atoms with Gasteiger partial charge in [-0.3, -0.25) is 4.79 Å². The lowest BCUT2D eigenvalue weighted by Crippen LogP contribution is -2.37. The molecule has 0 spiro atoms. The summed E-state index contributed by atoms with van der Waals surface area (Å²) in [6.45, 7) is 8.59. The minimum atomic E-state index is -4.05. The SMILES string of the molecule is Cc1ccc(S(=O)(=O)N(C(=O)CCCOc2ccc(C(C)(C)C)cc2Br)c2ccccc2)cc1. The fourth-order valence-corrected chi connectivity index (χ4v) is 5.33. The van der Waals surface area contributed by atoms with Gasteiger partial charge in [0.05, 0.1) is 21.7 Å². The topological polar surface area (TPSA) is 63.7 Å². The average Bonchev–Trinajstić information content (AvgIpc) is 2.78. The van der Waals surface area contributed by atoms with Gasteiger partial charge in [-0.05, 0) is 76.7 Å². The molecule has 7 heteroatoms. The lowest BCUT2D eigenvalue weighted by molar-refractivity contribution is -0.117. The van der Waals surface area contributed by atoms with Crippen LogP contribution in [0.2, 0.25) is 0 Å². The van der Waals surface area contributed by atoms with Gasteiger partial charge in [-0.2, -0.15) is 0 Å². The molecule has 0 saturated carbocycles. The van der Waals surface area contributed by atoms with Crippen LogP contribution in [0.4, 0.5) is 5.69 Å². The summed E-state index contributed by atoms with van der Waals surface area (Å²) in [5.74, 6) is 0.185. The number of hydrogen-bond acceptors (Lipinski definition) is 4. The van der Waals surface area contributed by atoms with Crippen LogP contribution in [-0.4, -0.2) is 20.9 Å². The highest BCUT2D eigenvalue weighted by molar-refractivity contribution is 9.10. The van der Waals surface area contributed by atoms with E-state index < -0.39 is 15.9 Å². The summed E-state index contributed by atoms with van der Waals surface area (Å²) >= 11 is 3.55. The zero-order valence-electron chi connectivity index (χ0n) is 19.9. The zero-order chi connectivity index (χ0) is 24.9. The number of sulfonamides is 1. The normalized spacial score (nSPS) is 11.8. The Morgan fingerprint density at radius 2 is 1.62 bits per heavy atom. The monoisotopic (exact) mass is 543 g/mol. The summed E-state index contributed by atoms with van der Waals surface area (Å²) in [7, 11) is -4.05. The molecule has 0 aliphatic heterocycles. The van der Waals surface area contributed by atoms with Gasteiger partial charge in [-0.1, -0.05) is 62.7 Å². The Labute approximate surface area is 210 Å². The minimum absolute atomic E-state index is 0.0251. The van der Waals surface area contributed by atoms with Crippen molar-refractivity contribution in [2.45, 2.75) is 50.8 Å². The molecule has 3 rings (SSSR count). The quantitative estimate of drug-likeness (QED) is 0.299. The number of aryl methyl sites for hydroxylation is 1. The van der Waals surface area contributed by atoms with Gasteiger partial charge in [0.15, 0.2) is 0 Å². The fourth-order valence-electron chi connectivity index (χ4n) is 3.39. The zero-order valence-corrected chi connectivity index (χ0v) is 22.3. The number of rotatable bonds is 8. The van der Waals surface area contributed by atoms with E-state index in [4.69, 9.17) is 4.74 Å². The largest absolute Gasteiger partial charge is 0.492 e. The predicted molar refractivity (Wildman–Crippen MR) is 140 cm³/mol. The lowest BCUT2D eigenvalue weighted by Gasteiger charge is -2.23. The van der Waals surface area contributed by atoms with Crippen LogP contribution in [0.3, 0.4) is 0 Å². The van der Waals surface area contributed by atoms with E-state index in [2.05, 4.69) is 36.7 Å². The predicted octanol–water partition coefficient (Wildman–Crippen LogP) is 6.64. The molecule has 3 aromatic carbocycles. The summed E-state index contributed by atoms with van der Waals surface area (Å²) in [5.41, 5.74) is 2.46. The van der Waals surface area contributed by atoms with Gasteiger partial charge < -0.3 is 4.74 Å². The van der Waals surface area contributed by atoms with Crippen molar-refractivity contribution in [1.29, 1.82) is 0 Å². The minimum Gasteiger partial charge on any atom is -0.492 e. The molecule has 3 aromatic rings. The number of amides is 1. The summed E-state index contributed by atoms with van der Waals surface area (Å²) in [6, 6.07) is 20.9. The Morgan fingerprint density at radius 1 is 0.971 bits per heavy atom. The number of halogens is 1. The molecule has 0 atom stereocenters. The van der Waals surface area contributed by atoms with E-state index in [1.165, 1.54) is 17.7 Å². The Morgan fingerprint density at radius 3 is 2.21 bits per heavy atom. The van der Waals surface area contributed by atoms with Crippen molar-refractivity contribution in [3.63, 3.8) is 0 Å². The average molecular weight is 545 g/mol. The molecule has 0 N–H and O–H groups in total. The molecule has 0 aliphatic carbocycles. The van der Waals surface area contributed by atoms with Crippen molar-refractivity contribution >= 4 is 37.5 Å². The number of ether oxygens (including phenoxy) is 1. The summed E-state index contributed by atoms with van der Waals surface area (Å²) in [6.07, 6.45) is 0.400. The number of hydrogen-bond donors (Lipinski definition) is 0. The molecule has 34 heavy (non-hydrogen) atoms. The van der Waals surface area contributed by atoms with E-state index in [9.17, 15) is 13.2 Å². The van der Waals surface area contributed by atoms with Gasteiger partial charge in [-0.15, -0.1) is 0 Å². The first-order valence-electron chi connectivity index (χ1n) is 11.1. The Kier molecular flexibility index (Phi) is 8.21. The Hall–Kier alpha value is -2.64. The molecule has 0 bridgehead atoms. The number of carbonyl (C=O) groups excluding carboxylic acids is 1. The molecule has 0 unspecified atom stereocenters. The fraction of sp³-hybridized carbons (Fsp3) is 0.296. The van der Waals surface area contributed by atoms with Crippen LogP contribution in [0.5, 0.6) is 5.75 Å². The van der Waals surface area contributed by atoms with E-state index in [-0.39, 0.29) is 23.3 Å². The van der Waals surface area contributed by atoms with E-state index in [0.29, 0.717) is 17.9 Å². The number of anilines is 1. The van der Waals surface area contributed by atoms with Gasteiger partial charge in [0.2, 0.25) is 5.91 Å². The molecular formula is C27H30BrNO4S. The van der Waals surface area contributed by atoms with Crippen molar-refractivity contribution in [3.8, 4) is 5.75 Å². The maximum Gasteiger partial charge on any atom is 0.270 e. The van der Waals surface area contributed by atoms with E-state index in [1.54, 1.807) is 42.5 Å². The van der Waals surface area contributed by atoms with E-state index >= 15 is 0 Å². The second kappa shape index (κ2) is 10.7. The lowest BCUT2D eigenvalue weighted by atomic mass is 9.87. The molecule has 0 aromatic heterocycles. The van der Waals surface area contributed by atoms with Crippen molar-refractivity contribution in [2.24, 2.45) is 0 Å². The highest BCUT2D eigenvalue weighted by Crippen LogP contribution is 2.32. The number of nitrogens with zero attached hydrogens (tertiary/aromatic N) is 1. The van der Waals surface area contributed by atoms with Crippen LogP contribution in [0.25, 0.3) is 0 Å². The molecule has 0 saturated heterocycles. The first-order chi connectivity index (χ1) is 16.0. The van der Waals surface area contributed by atoms with Gasteiger partial charge >= 0.3 is 0 Å². The molecule has 0 fully saturated rings. The summed E-state index contributed by atoms with van der Waals surface area (Å²) in [4.78, 5) is 13.2. The van der Waals surface area contributed by atoms with Crippen LogP contribution >= 0.6 is 15.9 Å².